The predicted octanol–water partition coefficient (Wildman–Crippen LogP) is 3.12. The van der Waals surface area contributed by atoms with Crippen molar-refractivity contribution in [3.8, 4) is 0 Å². The number of rotatable bonds is 4. The van der Waals surface area contributed by atoms with E-state index in [1.54, 1.807) is 0 Å². The molecule has 0 saturated heterocycles. The molecule has 0 N–H and O–H groups in total. The van der Waals surface area contributed by atoms with Gasteiger partial charge in [0.05, 0.1) is 0 Å². The molecule has 0 bridgehead atoms. The van der Waals surface area contributed by atoms with Gasteiger partial charge in [0.25, 0.3) is 0 Å². The second-order valence-corrected chi connectivity index (χ2v) is 5.17. The van der Waals surface area contributed by atoms with Crippen LogP contribution in [-0.2, 0) is 0 Å². The summed E-state index contributed by atoms with van der Waals surface area (Å²) in [5, 5.41) is 4.00. The molecule has 5 nitrogen and oxygen atoms in total. The lowest BCUT2D eigenvalue weighted by Crippen LogP contribution is -2.11. The standard InChI is InChI=1S/C13H20N4O/c1-8(2)11-15-13(18-16-11)10(5)17-7-6-14-12(17)9(3)4/h6-10H,1-5H3. The fourth-order valence-corrected chi connectivity index (χ4v) is 1.87. The van der Waals surface area contributed by atoms with E-state index in [9.17, 15) is 0 Å². The molecule has 98 valence electrons. The summed E-state index contributed by atoms with van der Waals surface area (Å²) in [7, 11) is 0. The zero-order chi connectivity index (χ0) is 13.3. The summed E-state index contributed by atoms with van der Waals surface area (Å²) in [5.41, 5.74) is 0. The average molecular weight is 248 g/mol. The van der Waals surface area contributed by atoms with Crippen LogP contribution in [0.25, 0.3) is 0 Å². The maximum absolute atomic E-state index is 5.34. The SMILES string of the molecule is CC(C)c1noc(C(C)n2ccnc2C(C)C)n1. The van der Waals surface area contributed by atoms with Gasteiger partial charge in [-0.15, -0.1) is 0 Å². The van der Waals surface area contributed by atoms with Crippen LogP contribution in [0.15, 0.2) is 16.9 Å². The smallest absolute Gasteiger partial charge is 0.249 e. The molecule has 2 aromatic heterocycles. The summed E-state index contributed by atoms with van der Waals surface area (Å²) in [6.45, 7) is 10.4. The van der Waals surface area contributed by atoms with E-state index in [-0.39, 0.29) is 12.0 Å². The van der Waals surface area contributed by atoms with E-state index in [1.807, 2.05) is 19.3 Å². The van der Waals surface area contributed by atoms with E-state index >= 15 is 0 Å². The van der Waals surface area contributed by atoms with Crippen LogP contribution in [0.3, 0.4) is 0 Å². The third kappa shape index (κ3) is 2.30. The Morgan fingerprint density at radius 1 is 1.11 bits per heavy atom. The van der Waals surface area contributed by atoms with Gasteiger partial charge in [-0.05, 0) is 6.92 Å². The fraction of sp³-hybridized carbons (Fsp3) is 0.615. The Labute approximate surface area is 107 Å². The van der Waals surface area contributed by atoms with Crippen molar-refractivity contribution < 1.29 is 4.52 Å². The van der Waals surface area contributed by atoms with Crippen molar-refractivity contribution in [3.63, 3.8) is 0 Å². The molecule has 0 amide bonds. The fourth-order valence-electron chi connectivity index (χ4n) is 1.87. The molecule has 0 aromatic carbocycles. The van der Waals surface area contributed by atoms with Gasteiger partial charge < -0.3 is 9.09 Å². The van der Waals surface area contributed by atoms with Crippen molar-refractivity contribution in [1.29, 1.82) is 0 Å². The van der Waals surface area contributed by atoms with E-state index in [4.69, 9.17) is 4.52 Å². The molecule has 2 aromatic rings. The van der Waals surface area contributed by atoms with Crippen molar-refractivity contribution in [3.05, 3.63) is 29.9 Å². The van der Waals surface area contributed by atoms with E-state index in [1.165, 1.54) is 0 Å². The third-order valence-electron chi connectivity index (χ3n) is 2.96. The maximum atomic E-state index is 5.34. The molecule has 1 atom stereocenters. The highest BCUT2D eigenvalue weighted by Crippen LogP contribution is 2.23. The van der Waals surface area contributed by atoms with Crippen molar-refractivity contribution in [1.82, 2.24) is 19.7 Å². The minimum atomic E-state index is 0.0184. The van der Waals surface area contributed by atoms with Crippen LogP contribution in [0.5, 0.6) is 0 Å². The van der Waals surface area contributed by atoms with Gasteiger partial charge in [-0.25, -0.2) is 4.98 Å². The van der Waals surface area contributed by atoms with Crippen LogP contribution in [0.2, 0.25) is 0 Å². The van der Waals surface area contributed by atoms with Crippen molar-refractivity contribution in [2.75, 3.05) is 0 Å². The zero-order valence-electron chi connectivity index (χ0n) is 11.6. The van der Waals surface area contributed by atoms with E-state index in [2.05, 4.69) is 47.4 Å². The van der Waals surface area contributed by atoms with Crippen molar-refractivity contribution >= 4 is 0 Å². The van der Waals surface area contributed by atoms with Gasteiger partial charge in [0.2, 0.25) is 5.89 Å². The van der Waals surface area contributed by atoms with Crippen LogP contribution < -0.4 is 0 Å². The number of hydrogen-bond acceptors (Lipinski definition) is 4. The van der Waals surface area contributed by atoms with Crippen LogP contribution in [0.1, 0.15) is 70.0 Å². The molecular formula is C13H20N4O. The van der Waals surface area contributed by atoms with Crippen LogP contribution in [-0.4, -0.2) is 19.7 Å². The topological polar surface area (TPSA) is 56.7 Å². The molecule has 0 saturated carbocycles. The minimum absolute atomic E-state index is 0.0184. The van der Waals surface area contributed by atoms with Crippen molar-refractivity contribution in [2.24, 2.45) is 0 Å². The largest absolute Gasteiger partial charge is 0.337 e. The minimum Gasteiger partial charge on any atom is -0.337 e. The molecule has 0 spiro atoms. The molecule has 5 heteroatoms. The van der Waals surface area contributed by atoms with Crippen LogP contribution in [0.4, 0.5) is 0 Å². The van der Waals surface area contributed by atoms with Gasteiger partial charge >= 0.3 is 0 Å². The predicted molar refractivity (Wildman–Crippen MR) is 68.5 cm³/mol. The Kier molecular flexibility index (Phi) is 3.50. The molecular weight excluding hydrogens is 228 g/mol. The number of nitrogens with zero attached hydrogens (tertiary/aromatic N) is 4. The maximum Gasteiger partial charge on any atom is 0.249 e. The molecule has 0 radical (unpaired) electrons. The van der Waals surface area contributed by atoms with Gasteiger partial charge in [-0.3, -0.25) is 0 Å². The Morgan fingerprint density at radius 3 is 2.39 bits per heavy atom. The third-order valence-corrected chi connectivity index (χ3v) is 2.96. The van der Waals surface area contributed by atoms with Crippen molar-refractivity contribution in [2.45, 2.75) is 52.5 Å². The second kappa shape index (κ2) is 4.92. The highest BCUT2D eigenvalue weighted by molar-refractivity contribution is 5.05. The zero-order valence-corrected chi connectivity index (χ0v) is 11.6. The number of imidazole rings is 1. The molecule has 2 rings (SSSR count). The molecule has 0 aliphatic carbocycles. The Morgan fingerprint density at radius 2 is 1.83 bits per heavy atom. The summed E-state index contributed by atoms with van der Waals surface area (Å²) >= 11 is 0. The van der Waals surface area contributed by atoms with E-state index in [0.29, 0.717) is 11.8 Å². The first-order valence-electron chi connectivity index (χ1n) is 6.37. The first-order valence-corrected chi connectivity index (χ1v) is 6.37. The lowest BCUT2D eigenvalue weighted by atomic mass is 10.2. The molecule has 1 unspecified atom stereocenters. The first-order chi connectivity index (χ1) is 8.50. The van der Waals surface area contributed by atoms with E-state index in [0.717, 1.165) is 11.6 Å². The van der Waals surface area contributed by atoms with Gasteiger partial charge in [-0.2, -0.15) is 4.98 Å². The average Bonchev–Trinajstić information content (AvgIpc) is 2.97. The molecule has 2 heterocycles. The van der Waals surface area contributed by atoms with Gasteiger partial charge in [0, 0.05) is 24.2 Å². The van der Waals surface area contributed by atoms with E-state index < -0.39 is 0 Å². The highest BCUT2D eigenvalue weighted by atomic mass is 16.5. The molecule has 18 heavy (non-hydrogen) atoms. The summed E-state index contributed by atoms with van der Waals surface area (Å²) in [5.74, 6) is 3.07. The van der Waals surface area contributed by atoms with Crippen LogP contribution in [0, 0.1) is 0 Å². The summed E-state index contributed by atoms with van der Waals surface area (Å²) in [4.78, 5) is 8.82. The summed E-state index contributed by atoms with van der Waals surface area (Å²) in [6.07, 6.45) is 3.77. The summed E-state index contributed by atoms with van der Waals surface area (Å²) < 4.78 is 7.42. The monoisotopic (exact) mass is 248 g/mol. The molecule has 0 fully saturated rings. The van der Waals surface area contributed by atoms with Gasteiger partial charge in [0.15, 0.2) is 5.82 Å². The Hall–Kier alpha value is -1.65. The number of aromatic nitrogens is 4. The second-order valence-electron chi connectivity index (χ2n) is 5.17. The highest BCUT2D eigenvalue weighted by Gasteiger charge is 2.20. The Balaban J connectivity index is 2.29. The molecule has 0 aliphatic heterocycles. The lowest BCUT2D eigenvalue weighted by molar-refractivity contribution is 0.337. The van der Waals surface area contributed by atoms with Crippen LogP contribution >= 0.6 is 0 Å². The van der Waals surface area contributed by atoms with Gasteiger partial charge in [-0.1, -0.05) is 32.9 Å². The Bertz CT molecular complexity index is 513. The summed E-state index contributed by atoms with van der Waals surface area (Å²) in [6, 6.07) is 0.0184. The lowest BCUT2D eigenvalue weighted by Gasteiger charge is -2.14. The first kappa shape index (κ1) is 12.8. The quantitative estimate of drug-likeness (QED) is 0.834. The molecule has 0 aliphatic rings. The number of hydrogen-bond donors (Lipinski definition) is 0. The normalized spacial score (nSPS) is 13.5. The van der Waals surface area contributed by atoms with Gasteiger partial charge in [0.1, 0.15) is 11.9 Å².